The monoisotopic (exact) mass is 307 g/mol. The van der Waals surface area contributed by atoms with Crippen molar-refractivity contribution in [3.05, 3.63) is 18.2 Å². The number of carbonyl (C=O) groups is 1. The van der Waals surface area contributed by atoms with Crippen LogP contribution in [0.15, 0.2) is 23.1 Å². The molecule has 0 saturated carbocycles. The Bertz CT molecular complexity index is 473. The molecule has 1 aliphatic rings. The number of amides is 1. The number of thioether (sulfide) groups is 1. The topological polar surface area (TPSA) is 26.8 Å². The Morgan fingerprint density at radius 1 is 1.29 bits per heavy atom. The van der Waals surface area contributed by atoms with Crippen LogP contribution in [0.4, 0.5) is 11.4 Å². The summed E-state index contributed by atoms with van der Waals surface area (Å²) in [5.74, 6) is 1.08. The van der Waals surface area contributed by atoms with Crippen molar-refractivity contribution in [1.82, 2.24) is 4.90 Å². The van der Waals surface area contributed by atoms with Crippen LogP contribution < -0.4 is 9.80 Å². The van der Waals surface area contributed by atoms with E-state index in [1.54, 1.807) is 4.90 Å². The molecule has 1 aliphatic heterocycles. The molecule has 0 unspecified atom stereocenters. The number of piperazine rings is 1. The maximum absolute atomic E-state index is 11.2. The largest absolute Gasteiger partial charge is 0.369 e. The van der Waals surface area contributed by atoms with Crippen molar-refractivity contribution in [3.63, 3.8) is 0 Å². The van der Waals surface area contributed by atoms with Gasteiger partial charge in [0.15, 0.2) is 0 Å². The highest BCUT2D eigenvalue weighted by Gasteiger charge is 2.16. The van der Waals surface area contributed by atoms with E-state index >= 15 is 0 Å². The minimum Gasteiger partial charge on any atom is -0.369 e. The molecule has 4 nitrogen and oxygen atoms in total. The molecule has 0 aromatic heterocycles. The normalized spacial score (nSPS) is 16.0. The van der Waals surface area contributed by atoms with Crippen molar-refractivity contribution >= 4 is 29.5 Å². The summed E-state index contributed by atoms with van der Waals surface area (Å²) in [6, 6.07) is 6.49. The Hall–Kier alpha value is -1.20. The van der Waals surface area contributed by atoms with Gasteiger partial charge in [-0.2, -0.15) is 0 Å². The van der Waals surface area contributed by atoms with Crippen molar-refractivity contribution in [3.8, 4) is 0 Å². The van der Waals surface area contributed by atoms with Crippen molar-refractivity contribution in [1.29, 1.82) is 0 Å². The van der Waals surface area contributed by atoms with E-state index in [2.05, 4.69) is 42.0 Å². The highest BCUT2D eigenvalue weighted by molar-refractivity contribution is 7.99. The van der Waals surface area contributed by atoms with Gasteiger partial charge < -0.3 is 14.7 Å². The molecule has 21 heavy (non-hydrogen) atoms. The lowest BCUT2D eigenvalue weighted by Gasteiger charge is -2.34. The van der Waals surface area contributed by atoms with Crippen LogP contribution >= 0.6 is 11.8 Å². The third-order valence-corrected chi connectivity index (χ3v) is 5.08. The summed E-state index contributed by atoms with van der Waals surface area (Å²) >= 11 is 1.82. The molecule has 116 valence electrons. The molecular formula is C16H25N3OS. The van der Waals surface area contributed by atoms with E-state index in [9.17, 15) is 4.79 Å². The number of rotatable bonds is 6. The van der Waals surface area contributed by atoms with Gasteiger partial charge in [0.05, 0.1) is 5.69 Å². The lowest BCUT2D eigenvalue weighted by atomic mass is 10.2. The number of carbonyl (C=O) groups excluding carboxylic acids is 1. The molecule has 2 rings (SSSR count). The fraction of sp³-hybridized carbons (Fsp3) is 0.562. The van der Waals surface area contributed by atoms with Gasteiger partial charge in [-0.3, -0.25) is 4.79 Å². The van der Waals surface area contributed by atoms with Gasteiger partial charge in [0.2, 0.25) is 6.41 Å². The summed E-state index contributed by atoms with van der Waals surface area (Å²) in [6.07, 6.45) is 2.02. The highest BCUT2D eigenvalue weighted by atomic mass is 32.2. The lowest BCUT2D eigenvalue weighted by Crippen LogP contribution is -2.44. The van der Waals surface area contributed by atoms with Crippen molar-refractivity contribution in [2.24, 2.45) is 0 Å². The molecular weight excluding hydrogens is 282 g/mol. The van der Waals surface area contributed by atoms with Crippen LogP contribution in [0.1, 0.15) is 13.3 Å². The molecule has 1 aromatic rings. The smallest absolute Gasteiger partial charge is 0.213 e. The summed E-state index contributed by atoms with van der Waals surface area (Å²) in [6.45, 7) is 6.44. The van der Waals surface area contributed by atoms with Gasteiger partial charge in [-0.1, -0.05) is 6.92 Å². The van der Waals surface area contributed by atoms with Crippen LogP contribution in [-0.2, 0) is 4.79 Å². The Morgan fingerprint density at radius 2 is 2.00 bits per heavy atom. The van der Waals surface area contributed by atoms with Gasteiger partial charge in [0, 0.05) is 43.8 Å². The third-order valence-electron chi connectivity index (χ3n) is 3.81. The third kappa shape index (κ3) is 4.14. The minimum absolute atomic E-state index is 0.888. The molecule has 1 heterocycles. The number of nitrogens with zero attached hydrogens (tertiary/aromatic N) is 3. The van der Waals surface area contributed by atoms with Gasteiger partial charge in [-0.05, 0) is 37.4 Å². The Balaban J connectivity index is 2.21. The average Bonchev–Trinajstić information content (AvgIpc) is 2.53. The molecule has 1 saturated heterocycles. The van der Waals surface area contributed by atoms with Crippen LogP contribution in [0, 0.1) is 0 Å². The SMILES string of the molecule is CCCSc1ccc(N2CCN(C)CC2)cc1N(C)C=O. The summed E-state index contributed by atoms with van der Waals surface area (Å²) in [7, 11) is 3.99. The van der Waals surface area contributed by atoms with Crippen molar-refractivity contribution < 1.29 is 4.79 Å². The minimum atomic E-state index is 0.888. The number of likely N-dealkylation sites (N-methyl/N-ethyl adjacent to an activating group) is 1. The van der Waals surface area contributed by atoms with Crippen LogP contribution in [0.2, 0.25) is 0 Å². The summed E-state index contributed by atoms with van der Waals surface area (Å²) in [5, 5.41) is 0. The zero-order chi connectivity index (χ0) is 15.2. The summed E-state index contributed by atoms with van der Waals surface area (Å²) in [5.41, 5.74) is 2.23. The lowest BCUT2D eigenvalue weighted by molar-refractivity contribution is -0.107. The quantitative estimate of drug-likeness (QED) is 0.596. The van der Waals surface area contributed by atoms with Gasteiger partial charge in [-0.15, -0.1) is 11.8 Å². The molecule has 1 fully saturated rings. The van der Waals surface area contributed by atoms with Gasteiger partial charge in [0.1, 0.15) is 0 Å². The maximum atomic E-state index is 11.2. The van der Waals surface area contributed by atoms with Crippen molar-refractivity contribution in [2.75, 3.05) is 55.8 Å². The molecule has 5 heteroatoms. The van der Waals surface area contributed by atoms with Crippen LogP contribution in [0.25, 0.3) is 0 Å². The predicted octanol–water partition coefficient (Wildman–Crippen LogP) is 2.53. The number of benzene rings is 1. The summed E-state index contributed by atoms with van der Waals surface area (Å²) in [4.78, 5) is 18.8. The van der Waals surface area contributed by atoms with Crippen molar-refractivity contribution in [2.45, 2.75) is 18.2 Å². The van der Waals surface area contributed by atoms with E-state index in [4.69, 9.17) is 0 Å². The maximum Gasteiger partial charge on any atom is 0.213 e. The van der Waals surface area contributed by atoms with Crippen LogP contribution in [0.5, 0.6) is 0 Å². The van der Waals surface area contributed by atoms with Gasteiger partial charge >= 0.3 is 0 Å². The molecule has 1 aromatic carbocycles. The first-order valence-electron chi connectivity index (χ1n) is 7.54. The molecule has 0 spiro atoms. The highest BCUT2D eigenvalue weighted by Crippen LogP contribution is 2.33. The molecule has 0 N–H and O–H groups in total. The number of anilines is 2. The Morgan fingerprint density at radius 3 is 2.62 bits per heavy atom. The fourth-order valence-corrected chi connectivity index (χ4v) is 3.37. The number of hydrogen-bond donors (Lipinski definition) is 0. The van der Waals surface area contributed by atoms with E-state index in [-0.39, 0.29) is 0 Å². The van der Waals surface area contributed by atoms with E-state index < -0.39 is 0 Å². The van der Waals surface area contributed by atoms with E-state index in [0.29, 0.717) is 0 Å². The first-order chi connectivity index (χ1) is 10.2. The summed E-state index contributed by atoms with van der Waals surface area (Å²) < 4.78 is 0. The zero-order valence-electron chi connectivity index (χ0n) is 13.2. The Kier molecular flexibility index (Phi) is 5.94. The number of hydrogen-bond acceptors (Lipinski definition) is 4. The zero-order valence-corrected chi connectivity index (χ0v) is 14.0. The first kappa shape index (κ1) is 16.2. The average molecular weight is 307 g/mol. The molecule has 0 bridgehead atoms. The standard InChI is InChI=1S/C16H25N3OS/c1-4-11-21-16-6-5-14(12-15(16)18(3)13-20)19-9-7-17(2)8-10-19/h5-6,12-13H,4,7-11H2,1-3H3. The van der Waals surface area contributed by atoms with Gasteiger partial charge in [0.25, 0.3) is 0 Å². The van der Waals surface area contributed by atoms with Crippen LogP contribution in [0.3, 0.4) is 0 Å². The molecule has 0 atom stereocenters. The van der Waals surface area contributed by atoms with E-state index in [0.717, 1.165) is 50.5 Å². The van der Waals surface area contributed by atoms with Gasteiger partial charge in [-0.25, -0.2) is 0 Å². The second-order valence-electron chi connectivity index (χ2n) is 5.51. The first-order valence-corrected chi connectivity index (χ1v) is 8.52. The fourth-order valence-electron chi connectivity index (χ4n) is 2.43. The van der Waals surface area contributed by atoms with E-state index in [1.807, 2.05) is 18.8 Å². The molecule has 0 radical (unpaired) electrons. The second kappa shape index (κ2) is 7.71. The molecule has 0 aliphatic carbocycles. The van der Waals surface area contributed by atoms with E-state index in [1.165, 1.54) is 10.6 Å². The van der Waals surface area contributed by atoms with Crippen LogP contribution in [-0.4, -0.2) is 57.3 Å². The Labute approximate surface area is 132 Å². The predicted molar refractivity (Wildman–Crippen MR) is 91.6 cm³/mol. The second-order valence-corrected chi connectivity index (χ2v) is 6.64. The molecule has 1 amide bonds.